The van der Waals surface area contributed by atoms with Crippen LogP contribution in [0.3, 0.4) is 0 Å². The van der Waals surface area contributed by atoms with Crippen LogP contribution in [0.1, 0.15) is 63.6 Å². The van der Waals surface area contributed by atoms with Crippen molar-refractivity contribution >= 4 is 44.3 Å². The van der Waals surface area contributed by atoms with Gasteiger partial charge >= 0.3 is 6.03 Å². The number of fused-ring (bicyclic) bond motifs is 9. The first-order valence-electron chi connectivity index (χ1n) is 14.7. The van der Waals surface area contributed by atoms with Crippen LogP contribution in [0.15, 0.2) is 69.8 Å². The molecule has 8 rings (SSSR count). The number of hydrogen-bond donors (Lipinski definition) is 2. The molecule has 5 aliphatic rings. The van der Waals surface area contributed by atoms with Gasteiger partial charge in [0.2, 0.25) is 0 Å². The van der Waals surface area contributed by atoms with E-state index in [0.717, 1.165) is 29.3 Å². The number of para-hydroxylation sites is 1. The molecule has 42 heavy (non-hydrogen) atoms. The molecule has 3 fully saturated rings. The van der Waals surface area contributed by atoms with Crippen LogP contribution in [0.25, 0.3) is 10.9 Å². The molecule has 4 unspecified atom stereocenters. The minimum atomic E-state index is -0.891. The van der Waals surface area contributed by atoms with Crippen LogP contribution in [0.4, 0.5) is 10.5 Å². The van der Waals surface area contributed by atoms with Gasteiger partial charge in [-0.25, -0.2) is 4.79 Å². The Morgan fingerprint density at radius 3 is 2.60 bits per heavy atom. The Kier molecular flexibility index (Phi) is 6.39. The second kappa shape index (κ2) is 9.69. The summed E-state index contributed by atoms with van der Waals surface area (Å²) >= 11 is 3.23. The molecule has 6 atom stereocenters. The van der Waals surface area contributed by atoms with E-state index in [-0.39, 0.29) is 11.2 Å². The molecule has 1 spiro atoms. The van der Waals surface area contributed by atoms with Crippen molar-refractivity contribution in [3.8, 4) is 0 Å². The number of nitrogens with one attached hydrogen (secondary N) is 2. The van der Waals surface area contributed by atoms with Gasteiger partial charge in [-0.05, 0) is 104 Å². The summed E-state index contributed by atoms with van der Waals surface area (Å²) in [5.74, 6) is 0.955. The number of ether oxygens (including phenoxy) is 2. The van der Waals surface area contributed by atoms with Crippen molar-refractivity contribution in [3.05, 3.63) is 80.8 Å². The van der Waals surface area contributed by atoms with Crippen molar-refractivity contribution in [3.63, 3.8) is 0 Å². The van der Waals surface area contributed by atoms with Crippen molar-refractivity contribution in [2.75, 3.05) is 5.32 Å². The molecule has 1 aromatic heterocycles. The Bertz CT molecular complexity index is 1640. The number of ketones is 1. The number of carbonyl (C=O) groups is 2. The van der Waals surface area contributed by atoms with Crippen LogP contribution in [0.5, 0.6) is 0 Å². The standard InChI is InChI=1S/C26H29NO3.C7H5BrN2O2/c1-24(2)23-20(28)13-18-17-9-8-14-12-16-15-6-4-5-7-19(15)27-22(16)21(14)25(17,3)10-11-26(18,29-23)30-24;8-5-1-3-6(4-2-5)9-7(11)10-12/h4-7,13-14,17,21,23,27H,8-12H2,1-3H3;1-4H,(H,9,11)/t14?,17?,21?,23-,25-,26?;/m0./s1. The molecule has 2 aromatic carbocycles. The van der Waals surface area contributed by atoms with Crippen LogP contribution >= 0.6 is 15.9 Å². The van der Waals surface area contributed by atoms with E-state index < -0.39 is 23.5 Å². The van der Waals surface area contributed by atoms with Gasteiger partial charge in [0.1, 0.15) is 5.60 Å². The number of anilines is 1. The van der Waals surface area contributed by atoms with E-state index in [9.17, 15) is 14.5 Å². The molecule has 2 amide bonds. The zero-order chi connectivity index (χ0) is 29.4. The second-order valence-corrected chi connectivity index (χ2v) is 14.0. The number of nitrogens with zero attached hydrogens (tertiary/aromatic N) is 1. The molecule has 1 saturated heterocycles. The van der Waals surface area contributed by atoms with E-state index in [4.69, 9.17) is 9.47 Å². The summed E-state index contributed by atoms with van der Waals surface area (Å²) in [6.07, 6.45) is 6.88. The van der Waals surface area contributed by atoms with Crippen LogP contribution in [-0.2, 0) is 20.7 Å². The number of halogens is 1. The summed E-state index contributed by atoms with van der Waals surface area (Å²) in [6, 6.07) is 14.7. The molecule has 9 heteroatoms. The van der Waals surface area contributed by atoms with Gasteiger partial charge in [-0.3, -0.25) is 4.79 Å². The number of carbonyl (C=O) groups excluding carboxylic acids is 2. The molecule has 3 heterocycles. The number of amides is 2. The van der Waals surface area contributed by atoms with Crippen molar-refractivity contribution < 1.29 is 19.1 Å². The first-order valence-corrected chi connectivity index (χ1v) is 15.5. The average molecular weight is 633 g/mol. The summed E-state index contributed by atoms with van der Waals surface area (Å²) < 4.78 is 13.8. The SMILES string of the molecule is CC1(C)OC23CC[C@@]4(C)C(CCC5Cc6c([nH]c7ccccc67)C54)C2=CC(=O)[C@@H]1O3.O=NC(=O)Nc1ccc(Br)cc1. The van der Waals surface area contributed by atoms with Crippen molar-refractivity contribution in [2.24, 2.45) is 22.4 Å². The maximum atomic E-state index is 13.0. The van der Waals surface area contributed by atoms with Crippen LogP contribution < -0.4 is 5.32 Å². The number of hydrogen-bond acceptors (Lipinski definition) is 5. The highest BCUT2D eigenvalue weighted by Gasteiger charge is 2.66. The van der Waals surface area contributed by atoms with Gasteiger partial charge in [0.25, 0.3) is 0 Å². The molecular weight excluding hydrogens is 598 g/mol. The molecule has 3 aromatic rings. The van der Waals surface area contributed by atoms with E-state index in [1.165, 1.54) is 35.0 Å². The van der Waals surface area contributed by atoms with E-state index in [1.807, 2.05) is 19.9 Å². The summed E-state index contributed by atoms with van der Waals surface area (Å²) in [5, 5.41) is 5.87. The van der Waals surface area contributed by atoms with Crippen LogP contribution in [0.2, 0.25) is 0 Å². The largest absolute Gasteiger partial charge is 0.383 e. The lowest BCUT2D eigenvalue weighted by molar-refractivity contribution is -0.199. The predicted octanol–water partition coefficient (Wildman–Crippen LogP) is 7.78. The molecule has 3 aliphatic carbocycles. The third-order valence-electron chi connectivity index (χ3n) is 10.3. The summed E-state index contributed by atoms with van der Waals surface area (Å²) in [5.41, 5.74) is 5.49. The smallest absolute Gasteiger partial charge is 0.358 e. The maximum Gasteiger partial charge on any atom is 0.383 e. The van der Waals surface area contributed by atoms with E-state index in [0.29, 0.717) is 23.4 Å². The van der Waals surface area contributed by atoms with Crippen LogP contribution in [-0.4, -0.2) is 34.3 Å². The van der Waals surface area contributed by atoms with Gasteiger partial charge in [0, 0.05) is 44.3 Å². The highest BCUT2D eigenvalue weighted by molar-refractivity contribution is 9.10. The second-order valence-electron chi connectivity index (χ2n) is 13.1. The third-order valence-corrected chi connectivity index (χ3v) is 10.9. The summed E-state index contributed by atoms with van der Waals surface area (Å²) in [7, 11) is 0. The zero-order valence-corrected chi connectivity index (χ0v) is 25.5. The number of urea groups is 1. The Labute approximate surface area is 252 Å². The first kappa shape index (κ1) is 27.7. The Morgan fingerprint density at radius 1 is 1.07 bits per heavy atom. The lowest BCUT2D eigenvalue weighted by Gasteiger charge is -2.57. The van der Waals surface area contributed by atoms with Gasteiger partial charge in [0.15, 0.2) is 17.7 Å². The Morgan fingerprint density at radius 2 is 1.83 bits per heavy atom. The van der Waals surface area contributed by atoms with Gasteiger partial charge in [0.05, 0.1) is 0 Å². The molecule has 8 nitrogen and oxygen atoms in total. The third kappa shape index (κ3) is 4.15. The minimum absolute atomic E-state index is 0.0900. The minimum Gasteiger partial charge on any atom is -0.358 e. The molecule has 2 saturated carbocycles. The number of benzene rings is 2. The van der Waals surface area contributed by atoms with Crippen molar-refractivity contribution in [1.82, 2.24) is 4.98 Å². The van der Waals surface area contributed by atoms with Crippen LogP contribution in [0, 0.1) is 22.2 Å². The van der Waals surface area contributed by atoms with E-state index >= 15 is 0 Å². The quantitative estimate of drug-likeness (QED) is 0.266. The topological polar surface area (TPSA) is 110 Å². The van der Waals surface area contributed by atoms with Crippen molar-refractivity contribution in [1.29, 1.82) is 0 Å². The van der Waals surface area contributed by atoms with Gasteiger partial charge in [-0.1, -0.05) is 41.1 Å². The number of aromatic amines is 1. The lowest BCUT2D eigenvalue weighted by atomic mass is 9.50. The number of aromatic nitrogens is 1. The maximum absolute atomic E-state index is 13.0. The fraction of sp³-hybridized carbons (Fsp3) is 0.455. The van der Waals surface area contributed by atoms with E-state index in [2.05, 4.69) is 62.6 Å². The Balaban J connectivity index is 0.000000204. The first-order chi connectivity index (χ1) is 20.0. The zero-order valence-electron chi connectivity index (χ0n) is 23.9. The van der Waals surface area contributed by atoms with Gasteiger partial charge < -0.3 is 19.8 Å². The fourth-order valence-electron chi connectivity index (χ4n) is 8.66. The van der Waals surface area contributed by atoms with Crippen molar-refractivity contribution in [2.45, 2.75) is 76.3 Å². The molecule has 218 valence electrons. The van der Waals surface area contributed by atoms with Gasteiger partial charge in [-0.2, -0.15) is 0 Å². The summed E-state index contributed by atoms with van der Waals surface area (Å²) in [6.45, 7) is 6.47. The molecular formula is C33H34BrN3O5. The molecule has 2 aliphatic heterocycles. The number of rotatable bonds is 1. The Hall–Kier alpha value is -3.14. The molecule has 2 bridgehead atoms. The predicted molar refractivity (Wildman–Crippen MR) is 163 cm³/mol. The summed E-state index contributed by atoms with van der Waals surface area (Å²) in [4.78, 5) is 36.9. The monoisotopic (exact) mass is 631 g/mol. The number of nitroso groups, excluding NO2 is 1. The number of H-pyrrole nitrogens is 1. The molecule has 0 radical (unpaired) electrons. The lowest BCUT2D eigenvalue weighted by Crippen LogP contribution is -2.54. The highest BCUT2D eigenvalue weighted by Crippen LogP contribution is 2.68. The normalized spacial score (nSPS) is 33.3. The van der Waals surface area contributed by atoms with E-state index in [1.54, 1.807) is 24.3 Å². The highest BCUT2D eigenvalue weighted by atomic mass is 79.9. The van der Waals surface area contributed by atoms with Gasteiger partial charge in [-0.15, -0.1) is 4.91 Å². The fourth-order valence-corrected chi connectivity index (χ4v) is 8.93. The average Bonchev–Trinajstić information content (AvgIpc) is 3.58. The molecule has 2 N–H and O–H groups in total.